The number of hydrogen-bond donors (Lipinski definition) is 0. The molecule has 38 heavy (non-hydrogen) atoms. The molecule has 3 heterocycles. The summed E-state index contributed by atoms with van der Waals surface area (Å²) in [6.45, 7) is 5.24. The number of carbonyl (C=O) groups is 4. The Kier molecular flexibility index (Phi) is 9.47. The van der Waals surface area contributed by atoms with E-state index in [1.807, 2.05) is 50.3 Å². The van der Waals surface area contributed by atoms with E-state index in [0.29, 0.717) is 32.4 Å². The van der Waals surface area contributed by atoms with E-state index in [0.717, 1.165) is 23.3 Å². The number of hydrogen-bond acceptors (Lipinski definition) is 6. The number of benzene rings is 1. The molecule has 0 spiro atoms. The van der Waals surface area contributed by atoms with Crippen LogP contribution in [0.5, 0.6) is 0 Å². The molecule has 0 bridgehead atoms. The van der Waals surface area contributed by atoms with Crippen LogP contribution >= 0.6 is 0 Å². The first-order chi connectivity index (χ1) is 18.3. The second kappa shape index (κ2) is 13.0. The van der Waals surface area contributed by atoms with E-state index >= 15 is 0 Å². The summed E-state index contributed by atoms with van der Waals surface area (Å²) in [6.07, 6.45) is 8.63. The van der Waals surface area contributed by atoms with Gasteiger partial charge in [-0.05, 0) is 44.6 Å². The van der Waals surface area contributed by atoms with Crippen molar-refractivity contribution < 1.29 is 28.7 Å². The standard InChI is InChI=1S/C29H37N3O6/c1-21(37-20-19-32-28(35)14-15-29(32)36)31-18-16-24(11-13-27(31)34)25(12-10-23-7-4-3-5-8-23)38-22(2)30-17-6-9-26(30)33/h3-5,7-8,10,12,14-15,21-22,24-25H,6,9,11,13,16-20H2,1-2H3. The summed E-state index contributed by atoms with van der Waals surface area (Å²) in [4.78, 5) is 53.4. The van der Waals surface area contributed by atoms with Gasteiger partial charge in [0.25, 0.3) is 11.8 Å². The number of carbonyl (C=O) groups excluding carboxylic acids is 4. The maximum Gasteiger partial charge on any atom is 0.253 e. The molecule has 3 aliphatic rings. The van der Waals surface area contributed by atoms with Gasteiger partial charge in [0.2, 0.25) is 11.8 Å². The first-order valence-corrected chi connectivity index (χ1v) is 13.5. The molecule has 2 saturated heterocycles. The molecule has 4 unspecified atom stereocenters. The zero-order valence-electron chi connectivity index (χ0n) is 22.2. The maximum atomic E-state index is 13.0. The minimum atomic E-state index is -0.484. The summed E-state index contributed by atoms with van der Waals surface area (Å²) in [5.74, 6) is -0.492. The Hall–Kier alpha value is -3.30. The fourth-order valence-corrected chi connectivity index (χ4v) is 5.23. The van der Waals surface area contributed by atoms with Gasteiger partial charge in [-0.25, -0.2) is 0 Å². The Balaban J connectivity index is 1.38. The highest BCUT2D eigenvalue weighted by atomic mass is 16.5. The maximum absolute atomic E-state index is 13.0. The molecule has 0 aliphatic carbocycles. The molecule has 0 N–H and O–H groups in total. The van der Waals surface area contributed by atoms with Crippen LogP contribution in [-0.4, -0.2) is 83.1 Å². The molecule has 4 rings (SSSR count). The van der Waals surface area contributed by atoms with Crippen molar-refractivity contribution in [2.75, 3.05) is 26.2 Å². The molecule has 4 atom stereocenters. The first-order valence-electron chi connectivity index (χ1n) is 13.5. The van der Waals surface area contributed by atoms with Crippen LogP contribution in [-0.2, 0) is 28.7 Å². The van der Waals surface area contributed by atoms with Gasteiger partial charge in [0.05, 0.1) is 19.3 Å². The summed E-state index contributed by atoms with van der Waals surface area (Å²) >= 11 is 0. The van der Waals surface area contributed by atoms with E-state index in [-0.39, 0.29) is 55.0 Å². The van der Waals surface area contributed by atoms with Gasteiger partial charge in [-0.15, -0.1) is 0 Å². The van der Waals surface area contributed by atoms with Crippen LogP contribution < -0.4 is 0 Å². The minimum Gasteiger partial charge on any atom is -0.357 e. The minimum absolute atomic E-state index is 0.00329. The summed E-state index contributed by atoms with van der Waals surface area (Å²) in [6, 6.07) is 9.99. The average Bonchev–Trinajstić information content (AvgIpc) is 3.42. The fraction of sp³-hybridized carbons (Fsp3) is 0.517. The van der Waals surface area contributed by atoms with Gasteiger partial charge in [0.1, 0.15) is 12.5 Å². The molecular weight excluding hydrogens is 486 g/mol. The van der Waals surface area contributed by atoms with Crippen LogP contribution in [0.1, 0.15) is 51.5 Å². The molecule has 9 heteroatoms. The van der Waals surface area contributed by atoms with Crippen molar-refractivity contribution in [1.82, 2.24) is 14.7 Å². The Morgan fingerprint density at radius 3 is 2.26 bits per heavy atom. The number of imide groups is 1. The third-order valence-corrected chi connectivity index (χ3v) is 7.45. The van der Waals surface area contributed by atoms with Crippen LogP contribution in [0, 0.1) is 5.92 Å². The predicted molar refractivity (Wildman–Crippen MR) is 141 cm³/mol. The van der Waals surface area contributed by atoms with Crippen LogP contribution in [0.2, 0.25) is 0 Å². The molecule has 204 valence electrons. The summed E-state index contributed by atoms with van der Waals surface area (Å²) in [7, 11) is 0. The Morgan fingerprint density at radius 1 is 0.895 bits per heavy atom. The van der Waals surface area contributed by atoms with Gasteiger partial charge in [-0.1, -0.05) is 42.5 Å². The molecule has 2 fully saturated rings. The lowest BCUT2D eigenvalue weighted by Gasteiger charge is -2.32. The average molecular weight is 524 g/mol. The molecule has 0 aromatic heterocycles. The van der Waals surface area contributed by atoms with Crippen molar-refractivity contribution in [3.05, 3.63) is 54.1 Å². The van der Waals surface area contributed by atoms with Crippen LogP contribution in [0.25, 0.3) is 6.08 Å². The number of ether oxygens (including phenoxy) is 2. The molecular formula is C29H37N3O6. The van der Waals surface area contributed by atoms with Gasteiger partial charge in [-0.3, -0.25) is 24.1 Å². The molecule has 9 nitrogen and oxygen atoms in total. The van der Waals surface area contributed by atoms with Gasteiger partial charge < -0.3 is 19.3 Å². The molecule has 1 aromatic rings. The lowest BCUT2D eigenvalue weighted by Crippen LogP contribution is -2.42. The van der Waals surface area contributed by atoms with Gasteiger partial charge in [0, 0.05) is 38.1 Å². The Bertz CT molecular complexity index is 1050. The number of nitrogens with zero attached hydrogens (tertiary/aromatic N) is 3. The SMILES string of the molecule is CC(OCCN1C(=O)C=CC1=O)N1CCC(C(C=Cc2ccccc2)OC(C)N2CCCC2=O)CCC1=O. The Morgan fingerprint density at radius 2 is 1.58 bits per heavy atom. The van der Waals surface area contributed by atoms with Crippen LogP contribution in [0.4, 0.5) is 0 Å². The van der Waals surface area contributed by atoms with Crippen LogP contribution in [0.15, 0.2) is 48.6 Å². The third-order valence-electron chi connectivity index (χ3n) is 7.45. The van der Waals surface area contributed by atoms with Crippen molar-refractivity contribution in [2.45, 2.75) is 64.5 Å². The second-order valence-electron chi connectivity index (χ2n) is 9.97. The molecule has 0 saturated carbocycles. The van der Waals surface area contributed by atoms with Gasteiger partial charge >= 0.3 is 0 Å². The second-order valence-corrected chi connectivity index (χ2v) is 9.97. The van der Waals surface area contributed by atoms with E-state index in [2.05, 4.69) is 6.08 Å². The number of amides is 4. The molecule has 4 amide bonds. The topological polar surface area (TPSA) is 96.5 Å². The zero-order chi connectivity index (χ0) is 27.1. The highest BCUT2D eigenvalue weighted by Crippen LogP contribution is 2.28. The summed E-state index contributed by atoms with van der Waals surface area (Å²) < 4.78 is 12.3. The summed E-state index contributed by atoms with van der Waals surface area (Å²) in [5, 5.41) is 0. The monoisotopic (exact) mass is 523 g/mol. The zero-order valence-corrected chi connectivity index (χ0v) is 22.2. The lowest BCUT2D eigenvalue weighted by atomic mass is 9.93. The lowest BCUT2D eigenvalue weighted by molar-refractivity contribution is -0.147. The van der Waals surface area contributed by atoms with E-state index in [9.17, 15) is 19.2 Å². The number of likely N-dealkylation sites (tertiary alicyclic amines) is 2. The van der Waals surface area contributed by atoms with E-state index in [4.69, 9.17) is 9.47 Å². The highest BCUT2D eigenvalue weighted by molar-refractivity contribution is 6.12. The van der Waals surface area contributed by atoms with Crippen molar-refractivity contribution >= 4 is 29.7 Å². The quantitative estimate of drug-likeness (QED) is 0.414. The smallest absolute Gasteiger partial charge is 0.253 e. The van der Waals surface area contributed by atoms with E-state index < -0.39 is 6.23 Å². The van der Waals surface area contributed by atoms with Gasteiger partial charge in [0.15, 0.2) is 0 Å². The Labute approximate surface area is 224 Å². The van der Waals surface area contributed by atoms with E-state index in [1.54, 1.807) is 9.80 Å². The van der Waals surface area contributed by atoms with Crippen molar-refractivity contribution in [3.8, 4) is 0 Å². The first kappa shape index (κ1) is 27.7. The van der Waals surface area contributed by atoms with Crippen molar-refractivity contribution in [3.63, 3.8) is 0 Å². The summed E-state index contributed by atoms with van der Waals surface area (Å²) in [5.41, 5.74) is 1.06. The normalized spacial score (nSPS) is 23.0. The predicted octanol–water partition coefficient (Wildman–Crippen LogP) is 2.97. The van der Waals surface area contributed by atoms with Crippen molar-refractivity contribution in [1.29, 1.82) is 0 Å². The van der Waals surface area contributed by atoms with Crippen LogP contribution in [0.3, 0.4) is 0 Å². The number of rotatable bonds is 11. The van der Waals surface area contributed by atoms with Gasteiger partial charge in [-0.2, -0.15) is 0 Å². The highest BCUT2D eigenvalue weighted by Gasteiger charge is 2.33. The molecule has 0 radical (unpaired) electrons. The van der Waals surface area contributed by atoms with E-state index in [1.165, 1.54) is 12.2 Å². The molecule has 3 aliphatic heterocycles. The fourth-order valence-electron chi connectivity index (χ4n) is 5.23. The molecule has 1 aromatic carbocycles. The largest absolute Gasteiger partial charge is 0.357 e. The van der Waals surface area contributed by atoms with Crippen molar-refractivity contribution in [2.24, 2.45) is 5.92 Å². The third kappa shape index (κ3) is 6.96.